The molecule has 82 valence electrons. The van der Waals surface area contributed by atoms with Crippen LogP contribution in [-0.4, -0.2) is 19.7 Å². The molecule has 7 heteroatoms. The highest BCUT2D eigenvalue weighted by molar-refractivity contribution is 6.29. The molecule has 0 aromatic carbocycles. The quantitative estimate of drug-likeness (QED) is 0.465. The third kappa shape index (κ3) is 2.34. The number of nitro groups is 1. The Morgan fingerprint density at radius 1 is 1.56 bits per heavy atom. The van der Waals surface area contributed by atoms with Crippen molar-refractivity contribution in [1.82, 2.24) is 14.8 Å². The van der Waals surface area contributed by atoms with E-state index in [0.29, 0.717) is 11.7 Å². The van der Waals surface area contributed by atoms with Crippen LogP contribution in [0.25, 0.3) is 0 Å². The van der Waals surface area contributed by atoms with Gasteiger partial charge in [-0.05, 0) is 17.7 Å². The average molecular weight is 239 g/mol. The van der Waals surface area contributed by atoms with E-state index in [-0.39, 0.29) is 5.69 Å². The predicted molar refractivity (Wildman–Crippen MR) is 57.2 cm³/mol. The van der Waals surface area contributed by atoms with Gasteiger partial charge in [0.15, 0.2) is 0 Å². The van der Waals surface area contributed by atoms with Crippen molar-refractivity contribution < 1.29 is 4.92 Å². The molecule has 0 saturated carbocycles. The topological polar surface area (TPSA) is 73.8 Å². The SMILES string of the molecule is O=[N+]([O-])c1cnn(Cc2ccnc(Cl)c2)c1. The maximum atomic E-state index is 10.4. The van der Waals surface area contributed by atoms with Crippen molar-refractivity contribution in [3.63, 3.8) is 0 Å². The maximum Gasteiger partial charge on any atom is 0.307 e. The molecule has 0 bridgehead atoms. The first-order chi connectivity index (χ1) is 7.65. The minimum absolute atomic E-state index is 0.0276. The van der Waals surface area contributed by atoms with Crippen LogP contribution in [0.3, 0.4) is 0 Å². The summed E-state index contributed by atoms with van der Waals surface area (Å²) in [5, 5.41) is 14.7. The van der Waals surface area contributed by atoms with E-state index in [2.05, 4.69) is 10.1 Å². The Morgan fingerprint density at radius 2 is 2.38 bits per heavy atom. The maximum absolute atomic E-state index is 10.4. The van der Waals surface area contributed by atoms with Crippen molar-refractivity contribution in [3.8, 4) is 0 Å². The van der Waals surface area contributed by atoms with Gasteiger partial charge in [0.1, 0.15) is 17.5 Å². The van der Waals surface area contributed by atoms with Gasteiger partial charge in [-0.15, -0.1) is 0 Å². The van der Waals surface area contributed by atoms with E-state index >= 15 is 0 Å². The molecule has 2 rings (SSSR count). The van der Waals surface area contributed by atoms with Crippen molar-refractivity contribution in [2.24, 2.45) is 0 Å². The minimum Gasteiger partial charge on any atom is -0.261 e. The fraction of sp³-hybridized carbons (Fsp3) is 0.111. The Morgan fingerprint density at radius 3 is 3.00 bits per heavy atom. The molecular formula is C9H7ClN4O2. The van der Waals surface area contributed by atoms with Crippen molar-refractivity contribution >= 4 is 17.3 Å². The van der Waals surface area contributed by atoms with Crippen LogP contribution in [0.4, 0.5) is 5.69 Å². The molecule has 0 amide bonds. The summed E-state index contributed by atoms with van der Waals surface area (Å²) >= 11 is 5.72. The first kappa shape index (κ1) is 10.6. The summed E-state index contributed by atoms with van der Waals surface area (Å²) in [5.41, 5.74) is 0.859. The standard InChI is InChI=1S/C9H7ClN4O2/c10-9-3-7(1-2-11-9)5-13-6-8(4-12-13)14(15)16/h1-4,6H,5H2. The Bertz CT molecular complexity index is 526. The number of hydrogen-bond acceptors (Lipinski definition) is 4. The molecule has 0 N–H and O–H groups in total. The van der Waals surface area contributed by atoms with Crippen LogP contribution < -0.4 is 0 Å². The molecule has 2 heterocycles. The highest BCUT2D eigenvalue weighted by atomic mass is 35.5. The van der Waals surface area contributed by atoms with E-state index in [4.69, 9.17) is 11.6 Å². The molecule has 2 aromatic heterocycles. The molecular weight excluding hydrogens is 232 g/mol. The van der Waals surface area contributed by atoms with E-state index in [1.54, 1.807) is 18.3 Å². The average Bonchev–Trinajstić information content (AvgIpc) is 2.66. The fourth-order valence-corrected chi connectivity index (χ4v) is 1.46. The third-order valence-electron chi connectivity index (χ3n) is 1.97. The van der Waals surface area contributed by atoms with Crippen molar-refractivity contribution in [2.45, 2.75) is 6.54 Å². The highest BCUT2D eigenvalue weighted by Gasteiger charge is 2.08. The van der Waals surface area contributed by atoms with Crippen molar-refractivity contribution in [1.29, 1.82) is 0 Å². The number of hydrogen-bond donors (Lipinski definition) is 0. The largest absolute Gasteiger partial charge is 0.307 e. The molecule has 0 fully saturated rings. The van der Waals surface area contributed by atoms with E-state index in [1.165, 1.54) is 17.1 Å². The molecule has 0 aliphatic carbocycles. The molecule has 16 heavy (non-hydrogen) atoms. The predicted octanol–water partition coefficient (Wildman–Crippen LogP) is 1.89. The lowest BCUT2D eigenvalue weighted by Gasteiger charge is -2.00. The summed E-state index contributed by atoms with van der Waals surface area (Å²) in [6.07, 6.45) is 4.16. The van der Waals surface area contributed by atoms with Gasteiger partial charge in [0.2, 0.25) is 0 Å². The number of nitrogens with zero attached hydrogens (tertiary/aromatic N) is 4. The molecule has 0 radical (unpaired) electrons. The second-order valence-corrected chi connectivity index (χ2v) is 3.53. The van der Waals surface area contributed by atoms with Gasteiger partial charge in [-0.3, -0.25) is 14.8 Å². The Labute approximate surface area is 95.6 Å². The van der Waals surface area contributed by atoms with Gasteiger partial charge in [0.05, 0.1) is 11.5 Å². The molecule has 0 aliphatic rings. The second-order valence-electron chi connectivity index (χ2n) is 3.14. The number of aromatic nitrogens is 3. The van der Waals surface area contributed by atoms with Crippen LogP contribution in [0.1, 0.15) is 5.56 Å². The molecule has 0 spiro atoms. The van der Waals surface area contributed by atoms with Crippen molar-refractivity contribution in [3.05, 3.63) is 51.6 Å². The monoisotopic (exact) mass is 238 g/mol. The van der Waals surface area contributed by atoms with Crippen LogP contribution in [0.5, 0.6) is 0 Å². The number of halogens is 1. The smallest absolute Gasteiger partial charge is 0.261 e. The normalized spacial score (nSPS) is 10.3. The van der Waals surface area contributed by atoms with Crippen LogP contribution >= 0.6 is 11.6 Å². The van der Waals surface area contributed by atoms with Gasteiger partial charge < -0.3 is 0 Å². The van der Waals surface area contributed by atoms with Gasteiger partial charge in [-0.25, -0.2) is 4.98 Å². The lowest BCUT2D eigenvalue weighted by atomic mass is 10.3. The number of rotatable bonds is 3. The highest BCUT2D eigenvalue weighted by Crippen LogP contribution is 2.11. The van der Waals surface area contributed by atoms with Gasteiger partial charge in [0, 0.05) is 6.20 Å². The van der Waals surface area contributed by atoms with Crippen LogP contribution in [0, 0.1) is 10.1 Å². The van der Waals surface area contributed by atoms with E-state index in [9.17, 15) is 10.1 Å². The van der Waals surface area contributed by atoms with Crippen molar-refractivity contribution in [2.75, 3.05) is 0 Å². The van der Waals surface area contributed by atoms with E-state index in [0.717, 1.165) is 5.56 Å². The molecule has 2 aromatic rings. The first-order valence-electron chi connectivity index (χ1n) is 4.42. The molecule has 0 unspecified atom stereocenters. The summed E-state index contributed by atoms with van der Waals surface area (Å²) in [7, 11) is 0. The Kier molecular flexibility index (Phi) is 2.82. The third-order valence-corrected chi connectivity index (χ3v) is 2.17. The van der Waals surface area contributed by atoms with E-state index < -0.39 is 4.92 Å². The van der Waals surface area contributed by atoms with Crippen LogP contribution in [0.15, 0.2) is 30.7 Å². The summed E-state index contributed by atoms with van der Waals surface area (Å²) in [6, 6.07) is 3.47. The number of pyridine rings is 1. The molecule has 6 nitrogen and oxygen atoms in total. The zero-order chi connectivity index (χ0) is 11.5. The second kappa shape index (κ2) is 4.28. The zero-order valence-corrected chi connectivity index (χ0v) is 8.83. The first-order valence-corrected chi connectivity index (χ1v) is 4.80. The Hall–Kier alpha value is -1.95. The summed E-state index contributed by atoms with van der Waals surface area (Å²) < 4.78 is 1.48. The summed E-state index contributed by atoms with van der Waals surface area (Å²) in [6.45, 7) is 0.427. The van der Waals surface area contributed by atoms with Gasteiger partial charge in [-0.2, -0.15) is 5.10 Å². The molecule has 0 aliphatic heterocycles. The minimum atomic E-state index is -0.483. The molecule has 0 saturated heterocycles. The van der Waals surface area contributed by atoms with Gasteiger partial charge in [-0.1, -0.05) is 11.6 Å². The van der Waals surface area contributed by atoms with Crippen LogP contribution in [0.2, 0.25) is 5.15 Å². The molecule has 0 atom stereocenters. The van der Waals surface area contributed by atoms with Gasteiger partial charge >= 0.3 is 5.69 Å². The fourth-order valence-electron chi connectivity index (χ4n) is 1.26. The van der Waals surface area contributed by atoms with Gasteiger partial charge in [0.25, 0.3) is 0 Å². The lowest BCUT2D eigenvalue weighted by molar-refractivity contribution is -0.385. The lowest BCUT2D eigenvalue weighted by Crippen LogP contribution is -2.00. The summed E-state index contributed by atoms with van der Waals surface area (Å²) in [5.74, 6) is 0. The summed E-state index contributed by atoms with van der Waals surface area (Å²) in [4.78, 5) is 13.8. The van der Waals surface area contributed by atoms with E-state index in [1.807, 2.05) is 0 Å². The van der Waals surface area contributed by atoms with Crippen LogP contribution in [-0.2, 0) is 6.54 Å². The zero-order valence-electron chi connectivity index (χ0n) is 8.08. The Balaban J connectivity index is 2.17.